The molecule has 2 N–H and O–H groups in total. The maximum absolute atomic E-state index is 12.2. The van der Waals surface area contributed by atoms with Gasteiger partial charge in [0, 0.05) is 35.1 Å². The lowest BCUT2D eigenvalue weighted by Crippen LogP contribution is -2.29. The van der Waals surface area contributed by atoms with Gasteiger partial charge in [-0.1, -0.05) is 0 Å². The number of rotatable bonds is 4. The summed E-state index contributed by atoms with van der Waals surface area (Å²) in [5.41, 5.74) is 3.10. The minimum atomic E-state index is -0.330. The highest BCUT2D eigenvalue weighted by molar-refractivity contribution is 7.08. The van der Waals surface area contributed by atoms with Crippen LogP contribution >= 0.6 is 11.3 Å². The summed E-state index contributed by atoms with van der Waals surface area (Å²) in [7, 11) is 0. The van der Waals surface area contributed by atoms with Gasteiger partial charge in [0.05, 0.1) is 17.9 Å². The first-order valence-corrected chi connectivity index (χ1v) is 9.01. The van der Waals surface area contributed by atoms with Crippen LogP contribution in [0.2, 0.25) is 0 Å². The van der Waals surface area contributed by atoms with E-state index in [2.05, 4.69) is 20.6 Å². The average molecular weight is 368 g/mol. The van der Waals surface area contributed by atoms with Crippen molar-refractivity contribution in [3.05, 3.63) is 53.1 Å². The minimum absolute atomic E-state index is 0.273. The van der Waals surface area contributed by atoms with Gasteiger partial charge in [-0.3, -0.25) is 9.97 Å². The first-order chi connectivity index (χ1) is 12.8. The zero-order valence-electron chi connectivity index (χ0n) is 13.8. The van der Waals surface area contributed by atoms with Crippen LogP contribution in [0.4, 0.5) is 10.5 Å². The van der Waals surface area contributed by atoms with Crippen molar-refractivity contribution in [2.24, 2.45) is 0 Å². The monoisotopic (exact) mass is 368 g/mol. The molecule has 1 aliphatic heterocycles. The molecule has 7 nitrogen and oxygen atoms in total. The Bertz CT molecular complexity index is 915. The molecule has 26 heavy (non-hydrogen) atoms. The number of hydrogen-bond acceptors (Lipinski definition) is 6. The molecule has 0 unspecified atom stereocenters. The number of anilines is 1. The first kappa shape index (κ1) is 16.3. The number of aromatic nitrogens is 2. The molecule has 2 aromatic heterocycles. The SMILES string of the molecule is O=C(NCc1nccnc1-c1ccsc1)Nc1ccc2c(c1)OCCO2. The summed E-state index contributed by atoms with van der Waals surface area (Å²) in [6.45, 7) is 1.31. The molecule has 0 spiro atoms. The number of nitrogens with one attached hydrogen (secondary N) is 2. The van der Waals surface area contributed by atoms with Gasteiger partial charge in [-0.15, -0.1) is 0 Å². The average Bonchev–Trinajstić information content (AvgIpc) is 3.21. The summed E-state index contributed by atoms with van der Waals surface area (Å²) >= 11 is 1.59. The summed E-state index contributed by atoms with van der Waals surface area (Å²) in [4.78, 5) is 20.9. The Hall–Kier alpha value is -3.13. The molecule has 3 aromatic rings. The summed E-state index contributed by atoms with van der Waals surface area (Å²) < 4.78 is 11.0. The zero-order chi connectivity index (χ0) is 17.8. The van der Waals surface area contributed by atoms with Crippen molar-refractivity contribution in [1.82, 2.24) is 15.3 Å². The number of nitrogens with zero attached hydrogens (tertiary/aromatic N) is 2. The zero-order valence-corrected chi connectivity index (χ0v) is 14.6. The third kappa shape index (κ3) is 3.60. The van der Waals surface area contributed by atoms with Crippen molar-refractivity contribution in [1.29, 1.82) is 0 Å². The van der Waals surface area contributed by atoms with Crippen LogP contribution in [-0.4, -0.2) is 29.2 Å². The fourth-order valence-corrected chi connectivity index (χ4v) is 3.24. The number of ether oxygens (including phenoxy) is 2. The van der Waals surface area contributed by atoms with Crippen molar-refractivity contribution < 1.29 is 14.3 Å². The predicted octanol–water partition coefficient (Wildman–Crippen LogP) is 3.30. The second kappa shape index (κ2) is 7.40. The molecule has 4 rings (SSSR count). The Morgan fingerprint density at radius 1 is 1.12 bits per heavy atom. The van der Waals surface area contributed by atoms with Crippen LogP contribution < -0.4 is 20.1 Å². The highest BCUT2D eigenvalue weighted by atomic mass is 32.1. The third-order valence-corrected chi connectivity index (χ3v) is 4.47. The Kier molecular flexibility index (Phi) is 4.65. The largest absolute Gasteiger partial charge is 0.486 e. The van der Waals surface area contributed by atoms with Gasteiger partial charge in [0.15, 0.2) is 11.5 Å². The number of carbonyl (C=O) groups excluding carboxylic acids is 1. The molecule has 1 aliphatic rings. The molecule has 0 atom stereocenters. The Labute approximate surface area is 154 Å². The van der Waals surface area contributed by atoms with Gasteiger partial charge >= 0.3 is 6.03 Å². The molecule has 0 bridgehead atoms. The standard InChI is InChI=1S/C18H16N4O3S/c23-18(22-13-1-2-15-16(9-13)25-7-6-24-15)21-10-14-17(20-5-4-19-14)12-3-8-26-11-12/h1-5,8-9,11H,6-7,10H2,(H2,21,22,23). The van der Waals surface area contributed by atoms with E-state index in [1.54, 1.807) is 41.9 Å². The number of fused-ring (bicyclic) bond motifs is 1. The summed E-state index contributed by atoms with van der Waals surface area (Å²) in [6.07, 6.45) is 3.26. The number of thiophene rings is 1. The van der Waals surface area contributed by atoms with E-state index in [-0.39, 0.29) is 12.6 Å². The van der Waals surface area contributed by atoms with E-state index in [0.29, 0.717) is 36.1 Å². The number of urea groups is 1. The lowest BCUT2D eigenvalue weighted by Gasteiger charge is -2.19. The van der Waals surface area contributed by atoms with E-state index < -0.39 is 0 Å². The van der Waals surface area contributed by atoms with Crippen molar-refractivity contribution in [2.75, 3.05) is 18.5 Å². The number of benzene rings is 1. The van der Waals surface area contributed by atoms with Crippen LogP contribution in [0.5, 0.6) is 11.5 Å². The molecule has 1 aromatic carbocycles. The predicted molar refractivity (Wildman–Crippen MR) is 98.6 cm³/mol. The molecule has 3 heterocycles. The van der Waals surface area contributed by atoms with Gasteiger partial charge in [0.1, 0.15) is 13.2 Å². The van der Waals surface area contributed by atoms with Crippen LogP contribution in [0.1, 0.15) is 5.69 Å². The molecule has 2 amide bonds. The van der Waals surface area contributed by atoms with E-state index in [1.807, 2.05) is 16.8 Å². The summed E-state index contributed by atoms with van der Waals surface area (Å²) in [6, 6.07) is 6.94. The van der Waals surface area contributed by atoms with Crippen LogP contribution in [0.15, 0.2) is 47.4 Å². The quantitative estimate of drug-likeness (QED) is 0.738. The van der Waals surface area contributed by atoms with E-state index >= 15 is 0 Å². The fourth-order valence-electron chi connectivity index (χ4n) is 2.60. The van der Waals surface area contributed by atoms with Gasteiger partial charge in [-0.05, 0) is 23.6 Å². The number of carbonyl (C=O) groups is 1. The number of hydrogen-bond donors (Lipinski definition) is 2. The first-order valence-electron chi connectivity index (χ1n) is 8.06. The normalized spacial score (nSPS) is 12.5. The van der Waals surface area contributed by atoms with Crippen LogP contribution in [0.25, 0.3) is 11.3 Å². The topological polar surface area (TPSA) is 85.4 Å². The highest BCUT2D eigenvalue weighted by Gasteiger charge is 2.13. The van der Waals surface area contributed by atoms with Crippen LogP contribution in [0.3, 0.4) is 0 Å². The van der Waals surface area contributed by atoms with Gasteiger partial charge in [0.25, 0.3) is 0 Å². The van der Waals surface area contributed by atoms with Gasteiger partial charge in [0.2, 0.25) is 0 Å². The summed E-state index contributed by atoms with van der Waals surface area (Å²) in [5, 5.41) is 9.58. The molecule has 0 saturated heterocycles. The van der Waals surface area contributed by atoms with Gasteiger partial charge in [-0.2, -0.15) is 11.3 Å². The maximum Gasteiger partial charge on any atom is 0.319 e. The van der Waals surface area contributed by atoms with E-state index in [4.69, 9.17) is 9.47 Å². The molecule has 0 saturated carbocycles. The number of amides is 2. The Morgan fingerprint density at radius 3 is 2.81 bits per heavy atom. The van der Waals surface area contributed by atoms with Crippen molar-refractivity contribution in [2.45, 2.75) is 6.54 Å². The molecular formula is C18H16N4O3S. The minimum Gasteiger partial charge on any atom is -0.486 e. The summed E-state index contributed by atoms with van der Waals surface area (Å²) in [5.74, 6) is 1.31. The lowest BCUT2D eigenvalue weighted by molar-refractivity contribution is 0.171. The molecule has 8 heteroatoms. The fraction of sp³-hybridized carbons (Fsp3) is 0.167. The van der Waals surface area contributed by atoms with Crippen LogP contribution in [0, 0.1) is 0 Å². The van der Waals surface area contributed by atoms with E-state index in [9.17, 15) is 4.79 Å². The second-order valence-electron chi connectivity index (χ2n) is 5.53. The van der Waals surface area contributed by atoms with Crippen molar-refractivity contribution >= 4 is 23.1 Å². The van der Waals surface area contributed by atoms with Crippen LogP contribution in [-0.2, 0) is 6.54 Å². The maximum atomic E-state index is 12.2. The molecule has 0 radical (unpaired) electrons. The highest BCUT2D eigenvalue weighted by Crippen LogP contribution is 2.32. The van der Waals surface area contributed by atoms with E-state index in [0.717, 1.165) is 11.3 Å². The third-order valence-electron chi connectivity index (χ3n) is 3.79. The molecule has 0 aliphatic carbocycles. The second-order valence-corrected chi connectivity index (χ2v) is 6.31. The van der Waals surface area contributed by atoms with Gasteiger partial charge in [-0.25, -0.2) is 4.79 Å². The Morgan fingerprint density at radius 2 is 1.96 bits per heavy atom. The van der Waals surface area contributed by atoms with E-state index in [1.165, 1.54) is 0 Å². The lowest BCUT2D eigenvalue weighted by atomic mass is 10.2. The Balaban J connectivity index is 1.41. The molecular weight excluding hydrogens is 352 g/mol. The molecule has 132 valence electrons. The van der Waals surface area contributed by atoms with Crippen molar-refractivity contribution in [3.63, 3.8) is 0 Å². The smallest absolute Gasteiger partial charge is 0.319 e. The molecule has 0 fully saturated rings. The van der Waals surface area contributed by atoms with Gasteiger partial charge < -0.3 is 20.1 Å². The van der Waals surface area contributed by atoms with Crippen molar-refractivity contribution in [3.8, 4) is 22.8 Å².